The summed E-state index contributed by atoms with van der Waals surface area (Å²) in [4.78, 5) is 0. The minimum Gasteiger partial charge on any atom is -0.374 e. The number of rotatable bonds is 10. The van der Waals surface area contributed by atoms with Gasteiger partial charge in [0.25, 0.3) is 0 Å². The molecule has 0 aromatic heterocycles. The van der Waals surface area contributed by atoms with Gasteiger partial charge in [0.05, 0.1) is 0 Å². The average Bonchev–Trinajstić information content (AvgIpc) is 3.02. The van der Waals surface area contributed by atoms with Crippen LogP contribution in [0.3, 0.4) is 0 Å². The zero-order valence-electron chi connectivity index (χ0n) is 13.3. The van der Waals surface area contributed by atoms with Crippen molar-refractivity contribution in [1.82, 2.24) is 0 Å². The summed E-state index contributed by atoms with van der Waals surface area (Å²) in [5.41, 5.74) is 0. The second-order valence-corrected chi connectivity index (χ2v) is 8.65. The highest BCUT2D eigenvalue weighted by molar-refractivity contribution is 6.60. The highest BCUT2D eigenvalue weighted by Crippen LogP contribution is 2.45. The Morgan fingerprint density at radius 2 is 1.60 bits per heavy atom. The lowest BCUT2D eigenvalue weighted by molar-refractivity contribution is 0.0702. The van der Waals surface area contributed by atoms with Crippen LogP contribution in [-0.2, 0) is 13.3 Å². The molecule has 3 atom stereocenters. The molecule has 0 amide bonds. The molecule has 0 radical (unpaired) electrons. The van der Waals surface area contributed by atoms with E-state index in [0.717, 1.165) is 23.8 Å². The van der Waals surface area contributed by atoms with E-state index >= 15 is 0 Å². The molecule has 0 heterocycles. The lowest BCUT2D eigenvalue weighted by Crippen LogP contribution is -2.46. The van der Waals surface area contributed by atoms with Crippen molar-refractivity contribution in [3.63, 3.8) is 0 Å². The Balaban J connectivity index is 1.80. The van der Waals surface area contributed by atoms with Crippen molar-refractivity contribution in [1.29, 1.82) is 0 Å². The predicted molar refractivity (Wildman–Crippen MR) is 83.5 cm³/mol. The number of hydrogen-bond donors (Lipinski definition) is 0. The van der Waals surface area contributed by atoms with Gasteiger partial charge in [-0.3, -0.25) is 0 Å². The third-order valence-corrected chi connectivity index (χ3v) is 7.72. The van der Waals surface area contributed by atoms with Gasteiger partial charge in [0.1, 0.15) is 0 Å². The van der Waals surface area contributed by atoms with Crippen molar-refractivity contribution in [2.45, 2.75) is 52.5 Å². The summed E-state index contributed by atoms with van der Waals surface area (Å²) in [5.74, 6) is 2.61. The summed E-state index contributed by atoms with van der Waals surface area (Å²) in [6.07, 6.45) is 10.1. The molecular formula is C16H30O3Si. The zero-order valence-corrected chi connectivity index (χ0v) is 14.3. The van der Waals surface area contributed by atoms with Crippen molar-refractivity contribution in [2.75, 3.05) is 19.8 Å². The molecule has 0 aliphatic heterocycles. The van der Waals surface area contributed by atoms with Crippen molar-refractivity contribution >= 4 is 8.80 Å². The van der Waals surface area contributed by atoms with Gasteiger partial charge in [-0.05, 0) is 64.2 Å². The Morgan fingerprint density at radius 3 is 2.05 bits per heavy atom. The summed E-state index contributed by atoms with van der Waals surface area (Å²) < 4.78 is 17.8. The molecule has 20 heavy (non-hydrogen) atoms. The first-order valence-electron chi connectivity index (χ1n) is 8.33. The van der Waals surface area contributed by atoms with Crippen LogP contribution in [0.25, 0.3) is 0 Å². The number of hydrogen-bond acceptors (Lipinski definition) is 3. The van der Waals surface area contributed by atoms with Crippen molar-refractivity contribution in [3.05, 3.63) is 12.2 Å². The van der Waals surface area contributed by atoms with Crippen molar-refractivity contribution in [3.8, 4) is 0 Å². The third kappa shape index (κ3) is 3.94. The summed E-state index contributed by atoms with van der Waals surface area (Å²) in [6, 6.07) is 0.972. The Morgan fingerprint density at radius 1 is 0.950 bits per heavy atom. The Kier molecular flexibility index (Phi) is 6.27. The fourth-order valence-electron chi connectivity index (χ4n) is 3.81. The van der Waals surface area contributed by atoms with Crippen LogP contribution in [0.1, 0.15) is 46.5 Å². The lowest BCUT2D eigenvalue weighted by Gasteiger charge is -2.29. The van der Waals surface area contributed by atoms with Gasteiger partial charge in [0.2, 0.25) is 0 Å². The minimum atomic E-state index is -2.41. The van der Waals surface area contributed by atoms with Gasteiger partial charge in [0.15, 0.2) is 0 Å². The molecule has 3 unspecified atom stereocenters. The molecule has 2 rings (SSSR count). The summed E-state index contributed by atoms with van der Waals surface area (Å²) >= 11 is 0. The SMILES string of the molecule is CCO[Si](CCCC1CC2C=CC1C2)(OCC)OCC. The molecule has 0 aromatic rings. The summed E-state index contributed by atoms with van der Waals surface area (Å²) in [6.45, 7) is 8.14. The van der Waals surface area contributed by atoms with Gasteiger partial charge >= 0.3 is 8.80 Å². The maximum atomic E-state index is 5.92. The van der Waals surface area contributed by atoms with E-state index in [-0.39, 0.29) is 0 Å². The monoisotopic (exact) mass is 298 g/mol. The molecule has 0 spiro atoms. The maximum Gasteiger partial charge on any atom is 0.500 e. The predicted octanol–water partition coefficient (Wildman–Crippen LogP) is 4.03. The first-order valence-corrected chi connectivity index (χ1v) is 10.3. The Labute approximate surface area is 125 Å². The molecule has 3 nitrogen and oxygen atoms in total. The zero-order chi connectivity index (χ0) is 14.4. The molecule has 0 N–H and O–H groups in total. The lowest BCUT2D eigenvalue weighted by atomic mass is 9.90. The van der Waals surface area contributed by atoms with Crippen LogP contribution in [0.5, 0.6) is 0 Å². The van der Waals surface area contributed by atoms with E-state index in [9.17, 15) is 0 Å². The number of fused-ring (bicyclic) bond motifs is 2. The standard InChI is InChI=1S/C16H30O3Si/c1-4-17-20(18-5-2,19-6-3)11-7-8-15-12-14-9-10-16(15)13-14/h9-10,14-16H,4-8,11-13H2,1-3H3. The normalized spacial score (nSPS) is 28.4. The molecule has 0 aromatic carbocycles. The first kappa shape index (κ1) is 16.2. The largest absolute Gasteiger partial charge is 0.500 e. The van der Waals surface area contributed by atoms with E-state index in [4.69, 9.17) is 13.3 Å². The van der Waals surface area contributed by atoms with Crippen LogP contribution < -0.4 is 0 Å². The maximum absolute atomic E-state index is 5.92. The summed E-state index contributed by atoms with van der Waals surface area (Å²) in [5, 5.41) is 0. The molecule has 0 saturated heterocycles. The van der Waals surface area contributed by atoms with Gasteiger partial charge < -0.3 is 13.3 Å². The molecule has 1 saturated carbocycles. The Hall–Kier alpha value is -0.163. The van der Waals surface area contributed by atoms with Gasteiger partial charge in [-0.25, -0.2) is 0 Å². The van der Waals surface area contributed by atoms with E-state index in [2.05, 4.69) is 12.2 Å². The van der Waals surface area contributed by atoms with Crippen LogP contribution in [0.2, 0.25) is 6.04 Å². The van der Waals surface area contributed by atoms with Crippen LogP contribution in [0.4, 0.5) is 0 Å². The second kappa shape index (κ2) is 7.73. The number of allylic oxidation sites excluding steroid dienone is 2. The molecule has 2 aliphatic rings. The van der Waals surface area contributed by atoms with Crippen molar-refractivity contribution < 1.29 is 13.3 Å². The fraction of sp³-hybridized carbons (Fsp3) is 0.875. The van der Waals surface area contributed by atoms with Crippen molar-refractivity contribution in [2.24, 2.45) is 17.8 Å². The minimum absolute atomic E-state index is 0.684. The molecule has 116 valence electrons. The summed E-state index contributed by atoms with van der Waals surface area (Å²) in [7, 11) is -2.41. The molecule has 1 fully saturated rings. The van der Waals surface area contributed by atoms with Gasteiger partial charge in [-0.2, -0.15) is 0 Å². The molecular weight excluding hydrogens is 268 g/mol. The van der Waals surface area contributed by atoms with Gasteiger partial charge in [-0.1, -0.05) is 12.2 Å². The van der Waals surface area contributed by atoms with E-state index < -0.39 is 8.80 Å². The third-order valence-electron chi connectivity index (χ3n) is 4.57. The van der Waals surface area contributed by atoms with Gasteiger partial charge in [-0.15, -0.1) is 0 Å². The van der Waals surface area contributed by atoms with E-state index in [1.54, 1.807) is 0 Å². The quantitative estimate of drug-likeness (QED) is 0.450. The van der Waals surface area contributed by atoms with Crippen LogP contribution in [0.15, 0.2) is 12.2 Å². The van der Waals surface area contributed by atoms with Crippen LogP contribution in [0, 0.1) is 17.8 Å². The molecule has 2 aliphatic carbocycles. The highest BCUT2D eigenvalue weighted by Gasteiger charge is 2.41. The van der Waals surface area contributed by atoms with E-state index in [0.29, 0.717) is 19.8 Å². The van der Waals surface area contributed by atoms with E-state index in [1.165, 1.54) is 25.7 Å². The van der Waals surface area contributed by atoms with Gasteiger partial charge in [0, 0.05) is 25.9 Å². The topological polar surface area (TPSA) is 27.7 Å². The fourth-order valence-corrected chi connectivity index (χ4v) is 6.45. The Bertz CT molecular complexity index is 302. The molecule has 4 heteroatoms. The molecule has 2 bridgehead atoms. The smallest absolute Gasteiger partial charge is 0.374 e. The second-order valence-electron chi connectivity index (χ2n) is 5.91. The highest BCUT2D eigenvalue weighted by atomic mass is 28.4. The average molecular weight is 298 g/mol. The first-order chi connectivity index (χ1) is 9.73. The van der Waals surface area contributed by atoms with Crippen LogP contribution >= 0.6 is 0 Å². The van der Waals surface area contributed by atoms with E-state index in [1.807, 2.05) is 20.8 Å². The van der Waals surface area contributed by atoms with Crippen LogP contribution in [-0.4, -0.2) is 28.6 Å².